The van der Waals surface area contributed by atoms with Gasteiger partial charge in [0, 0.05) is 37.6 Å². The summed E-state index contributed by atoms with van der Waals surface area (Å²) >= 11 is 0. The molecule has 0 fully saturated rings. The Balaban J connectivity index is 2.03. The molecular formula is C14H17N5. The molecule has 3 rings (SSSR count). The van der Waals surface area contributed by atoms with Crippen LogP contribution in [0.15, 0.2) is 24.4 Å². The highest BCUT2D eigenvalue weighted by atomic mass is 15.3. The van der Waals surface area contributed by atoms with E-state index in [2.05, 4.69) is 39.0 Å². The fourth-order valence-corrected chi connectivity index (χ4v) is 2.43. The van der Waals surface area contributed by atoms with E-state index in [1.54, 1.807) is 0 Å². The summed E-state index contributed by atoms with van der Waals surface area (Å²) in [4.78, 5) is 11.2. The van der Waals surface area contributed by atoms with Crippen LogP contribution < -0.4 is 4.90 Å². The average molecular weight is 255 g/mol. The highest BCUT2D eigenvalue weighted by Gasteiger charge is 2.16. The quantitative estimate of drug-likeness (QED) is 0.769. The van der Waals surface area contributed by atoms with Crippen LogP contribution in [-0.4, -0.2) is 32.8 Å². The molecule has 5 heteroatoms. The van der Waals surface area contributed by atoms with Gasteiger partial charge in [-0.05, 0) is 19.9 Å². The summed E-state index contributed by atoms with van der Waals surface area (Å²) in [6, 6.07) is 1.95. The second kappa shape index (κ2) is 4.50. The molecular weight excluding hydrogens is 238 g/mol. The Bertz CT molecular complexity index is 633. The maximum Gasteiger partial charge on any atom is 0.226 e. The fourth-order valence-electron chi connectivity index (χ4n) is 2.43. The molecule has 0 aliphatic carbocycles. The number of hydrogen-bond donors (Lipinski definition) is 0. The molecule has 0 bridgehead atoms. The van der Waals surface area contributed by atoms with Crippen molar-refractivity contribution in [3.63, 3.8) is 0 Å². The van der Waals surface area contributed by atoms with Crippen LogP contribution in [0.5, 0.6) is 0 Å². The van der Waals surface area contributed by atoms with Crippen LogP contribution in [0.3, 0.4) is 0 Å². The number of nitrogens with zero attached hydrogens (tertiary/aromatic N) is 5. The van der Waals surface area contributed by atoms with Gasteiger partial charge in [-0.2, -0.15) is 5.10 Å². The molecule has 0 amide bonds. The highest BCUT2D eigenvalue weighted by molar-refractivity contribution is 5.65. The van der Waals surface area contributed by atoms with Gasteiger partial charge in [-0.3, -0.25) is 4.68 Å². The lowest BCUT2D eigenvalue weighted by Gasteiger charge is -2.15. The van der Waals surface area contributed by atoms with Gasteiger partial charge in [0.2, 0.25) is 5.95 Å². The summed E-state index contributed by atoms with van der Waals surface area (Å²) in [6.45, 7) is 5.85. The standard InChI is InChI=1S/C14H17N5/c1-10-13(11(2)18(3)17-10)12-6-7-15-14(16-12)19-8-4-5-9-19/h4-7H,8-9H2,1-3H3. The monoisotopic (exact) mass is 255 g/mol. The van der Waals surface area contributed by atoms with Crippen LogP contribution in [0.2, 0.25) is 0 Å². The number of hydrogen-bond acceptors (Lipinski definition) is 4. The second-order valence-electron chi connectivity index (χ2n) is 4.79. The van der Waals surface area contributed by atoms with Crippen LogP contribution >= 0.6 is 0 Å². The zero-order valence-corrected chi connectivity index (χ0v) is 11.5. The SMILES string of the molecule is Cc1nn(C)c(C)c1-c1ccnc(N2CC=CC2)n1. The van der Waals surface area contributed by atoms with Crippen LogP contribution in [0, 0.1) is 13.8 Å². The molecule has 3 heterocycles. The fraction of sp³-hybridized carbons (Fsp3) is 0.357. The van der Waals surface area contributed by atoms with Crippen molar-refractivity contribution in [2.24, 2.45) is 7.05 Å². The lowest BCUT2D eigenvalue weighted by molar-refractivity contribution is 0.731. The Hall–Kier alpha value is -2.17. The normalized spacial score (nSPS) is 14.4. The topological polar surface area (TPSA) is 46.8 Å². The first-order valence-electron chi connectivity index (χ1n) is 6.40. The minimum Gasteiger partial charge on any atom is -0.333 e. The first kappa shape index (κ1) is 11.9. The largest absolute Gasteiger partial charge is 0.333 e. The van der Waals surface area contributed by atoms with E-state index in [9.17, 15) is 0 Å². The number of aryl methyl sites for hydroxylation is 2. The van der Waals surface area contributed by atoms with E-state index in [1.807, 2.05) is 30.9 Å². The van der Waals surface area contributed by atoms with Crippen LogP contribution in [0.25, 0.3) is 11.3 Å². The molecule has 1 aliphatic rings. The molecule has 0 unspecified atom stereocenters. The van der Waals surface area contributed by atoms with Crippen molar-refractivity contribution in [3.8, 4) is 11.3 Å². The molecule has 98 valence electrons. The maximum atomic E-state index is 4.68. The molecule has 0 saturated heterocycles. The van der Waals surface area contributed by atoms with Gasteiger partial charge in [0.1, 0.15) is 0 Å². The zero-order chi connectivity index (χ0) is 13.4. The van der Waals surface area contributed by atoms with Crippen molar-refractivity contribution >= 4 is 5.95 Å². The van der Waals surface area contributed by atoms with Crippen molar-refractivity contribution in [2.75, 3.05) is 18.0 Å². The summed E-state index contributed by atoms with van der Waals surface area (Å²) in [6.07, 6.45) is 6.09. The minimum atomic E-state index is 0.783. The maximum absolute atomic E-state index is 4.68. The van der Waals surface area contributed by atoms with Crippen molar-refractivity contribution in [2.45, 2.75) is 13.8 Å². The Labute approximate surface area is 112 Å². The molecule has 1 aliphatic heterocycles. The molecule has 0 spiro atoms. The number of rotatable bonds is 2. The van der Waals surface area contributed by atoms with Gasteiger partial charge in [-0.15, -0.1) is 0 Å². The summed E-state index contributed by atoms with van der Waals surface area (Å²) < 4.78 is 1.89. The van der Waals surface area contributed by atoms with Crippen molar-refractivity contribution in [1.29, 1.82) is 0 Å². The minimum absolute atomic E-state index is 0.783. The van der Waals surface area contributed by atoms with Gasteiger partial charge in [0.05, 0.1) is 11.4 Å². The van der Waals surface area contributed by atoms with Crippen LogP contribution in [-0.2, 0) is 7.05 Å². The summed E-state index contributed by atoms with van der Waals surface area (Å²) in [5.41, 5.74) is 4.18. The van der Waals surface area contributed by atoms with E-state index in [4.69, 9.17) is 0 Å². The van der Waals surface area contributed by atoms with Gasteiger partial charge < -0.3 is 4.90 Å². The summed E-state index contributed by atoms with van der Waals surface area (Å²) in [7, 11) is 1.96. The Morgan fingerprint density at radius 3 is 2.53 bits per heavy atom. The molecule has 2 aromatic rings. The predicted molar refractivity (Wildman–Crippen MR) is 75.1 cm³/mol. The first-order chi connectivity index (χ1) is 9.16. The Morgan fingerprint density at radius 1 is 1.16 bits per heavy atom. The zero-order valence-electron chi connectivity index (χ0n) is 11.5. The van der Waals surface area contributed by atoms with E-state index in [0.717, 1.165) is 41.7 Å². The van der Waals surface area contributed by atoms with Crippen molar-refractivity contribution in [1.82, 2.24) is 19.7 Å². The highest BCUT2D eigenvalue weighted by Crippen LogP contribution is 2.25. The lowest BCUT2D eigenvalue weighted by Crippen LogP contribution is -2.21. The van der Waals surface area contributed by atoms with Gasteiger partial charge in [-0.25, -0.2) is 9.97 Å². The molecule has 0 saturated carbocycles. The number of anilines is 1. The van der Waals surface area contributed by atoms with Crippen LogP contribution in [0.4, 0.5) is 5.95 Å². The molecule has 5 nitrogen and oxygen atoms in total. The molecule has 0 aromatic carbocycles. The lowest BCUT2D eigenvalue weighted by atomic mass is 10.1. The van der Waals surface area contributed by atoms with E-state index < -0.39 is 0 Å². The van der Waals surface area contributed by atoms with Crippen LogP contribution in [0.1, 0.15) is 11.4 Å². The molecule has 2 aromatic heterocycles. The third-order valence-electron chi connectivity index (χ3n) is 3.51. The molecule has 19 heavy (non-hydrogen) atoms. The van der Waals surface area contributed by atoms with E-state index in [1.165, 1.54) is 0 Å². The Morgan fingerprint density at radius 2 is 1.89 bits per heavy atom. The predicted octanol–water partition coefficient (Wildman–Crippen LogP) is 1.87. The molecule has 0 radical (unpaired) electrons. The van der Waals surface area contributed by atoms with Crippen molar-refractivity contribution in [3.05, 3.63) is 35.8 Å². The molecule has 0 atom stereocenters. The Kier molecular flexibility index (Phi) is 2.81. The smallest absolute Gasteiger partial charge is 0.226 e. The van der Waals surface area contributed by atoms with Gasteiger partial charge >= 0.3 is 0 Å². The average Bonchev–Trinajstić information content (AvgIpc) is 3.00. The van der Waals surface area contributed by atoms with E-state index in [-0.39, 0.29) is 0 Å². The van der Waals surface area contributed by atoms with Gasteiger partial charge in [-0.1, -0.05) is 12.2 Å². The molecule has 0 N–H and O–H groups in total. The van der Waals surface area contributed by atoms with Gasteiger partial charge in [0.25, 0.3) is 0 Å². The third-order valence-corrected chi connectivity index (χ3v) is 3.51. The summed E-state index contributed by atoms with van der Waals surface area (Å²) in [5, 5.41) is 4.44. The first-order valence-corrected chi connectivity index (χ1v) is 6.40. The second-order valence-corrected chi connectivity index (χ2v) is 4.79. The van der Waals surface area contributed by atoms with E-state index in [0.29, 0.717) is 0 Å². The van der Waals surface area contributed by atoms with Crippen molar-refractivity contribution < 1.29 is 0 Å². The van der Waals surface area contributed by atoms with E-state index >= 15 is 0 Å². The third kappa shape index (κ3) is 2.01. The summed E-state index contributed by atoms with van der Waals surface area (Å²) in [5.74, 6) is 0.783. The number of aromatic nitrogens is 4. The van der Waals surface area contributed by atoms with Gasteiger partial charge in [0.15, 0.2) is 0 Å².